The van der Waals surface area contributed by atoms with Crippen molar-refractivity contribution in [3.63, 3.8) is 0 Å². The summed E-state index contributed by atoms with van der Waals surface area (Å²) in [5.74, 6) is 0.352. The van der Waals surface area contributed by atoms with Crippen molar-refractivity contribution in [2.24, 2.45) is 0 Å². The second-order valence-electron chi connectivity index (χ2n) is 5.30. The van der Waals surface area contributed by atoms with Crippen LogP contribution in [0.2, 0.25) is 0 Å². The predicted octanol–water partition coefficient (Wildman–Crippen LogP) is 2.48. The van der Waals surface area contributed by atoms with E-state index in [1.54, 1.807) is 37.6 Å². The second-order valence-corrected chi connectivity index (χ2v) is 5.30. The van der Waals surface area contributed by atoms with Crippen LogP contribution in [0.4, 0.5) is 10.5 Å². The Morgan fingerprint density at radius 3 is 2.68 bits per heavy atom. The summed E-state index contributed by atoms with van der Waals surface area (Å²) >= 11 is 0. The Hall–Kier alpha value is -3.09. The standard InChI is InChI=1S/C18H22N4O3/c1-3-15(22-18(24)21-13-7-6-10-20-11-13)14-8-4-5-9-16(14)25-12-17(23)19-2/h4-11,15H,3,12H2,1-2H3,(H,19,23)(H2,21,22,24). The third kappa shape index (κ3) is 5.49. The number of nitrogens with one attached hydrogen (secondary N) is 3. The summed E-state index contributed by atoms with van der Waals surface area (Å²) in [6.07, 6.45) is 3.87. The van der Waals surface area contributed by atoms with Crippen LogP contribution in [-0.2, 0) is 4.79 Å². The highest BCUT2D eigenvalue weighted by molar-refractivity contribution is 5.89. The van der Waals surface area contributed by atoms with Gasteiger partial charge in [-0.2, -0.15) is 0 Å². The lowest BCUT2D eigenvalue weighted by atomic mass is 10.0. The number of hydrogen-bond acceptors (Lipinski definition) is 4. The van der Waals surface area contributed by atoms with Gasteiger partial charge in [0.2, 0.25) is 0 Å². The van der Waals surface area contributed by atoms with Gasteiger partial charge in [-0.15, -0.1) is 0 Å². The number of anilines is 1. The first kappa shape index (κ1) is 18.3. The molecule has 0 saturated carbocycles. The monoisotopic (exact) mass is 342 g/mol. The maximum atomic E-state index is 12.2. The Balaban J connectivity index is 2.06. The van der Waals surface area contributed by atoms with E-state index in [9.17, 15) is 9.59 Å². The molecule has 0 bridgehead atoms. The van der Waals surface area contributed by atoms with E-state index in [0.29, 0.717) is 17.9 Å². The Morgan fingerprint density at radius 2 is 2.00 bits per heavy atom. The molecular weight excluding hydrogens is 320 g/mol. The quantitative estimate of drug-likeness (QED) is 0.721. The lowest BCUT2D eigenvalue weighted by molar-refractivity contribution is -0.122. The molecule has 1 aromatic carbocycles. The number of rotatable bonds is 7. The Labute approximate surface area is 146 Å². The molecule has 0 radical (unpaired) electrons. The molecule has 25 heavy (non-hydrogen) atoms. The second kappa shape index (κ2) is 9.27. The molecule has 7 nitrogen and oxygen atoms in total. The van der Waals surface area contributed by atoms with Gasteiger partial charge in [0.1, 0.15) is 5.75 Å². The molecule has 7 heteroatoms. The van der Waals surface area contributed by atoms with Gasteiger partial charge in [-0.1, -0.05) is 25.1 Å². The van der Waals surface area contributed by atoms with Gasteiger partial charge < -0.3 is 20.7 Å². The average molecular weight is 342 g/mol. The molecular formula is C18H22N4O3. The number of likely N-dealkylation sites (N-methyl/N-ethyl adjacent to an activating group) is 1. The molecule has 3 amide bonds. The van der Waals surface area contributed by atoms with Gasteiger partial charge >= 0.3 is 6.03 Å². The number of pyridine rings is 1. The van der Waals surface area contributed by atoms with E-state index < -0.39 is 0 Å². The number of urea groups is 1. The van der Waals surface area contributed by atoms with Crippen molar-refractivity contribution >= 4 is 17.6 Å². The highest BCUT2D eigenvalue weighted by Crippen LogP contribution is 2.27. The molecule has 1 atom stereocenters. The molecule has 0 aliphatic rings. The largest absolute Gasteiger partial charge is 0.483 e. The smallest absolute Gasteiger partial charge is 0.319 e. The summed E-state index contributed by atoms with van der Waals surface area (Å²) in [6, 6.07) is 10.3. The van der Waals surface area contributed by atoms with Crippen LogP contribution in [0.5, 0.6) is 5.75 Å². The Kier molecular flexibility index (Phi) is 6.76. The molecule has 0 saturated heterocycles. The van der Waals surface area contributed by atoms with Gasteiger partial charge in [0, 0.05) is 18.8 Å². The summed E-state index contributed by atoms with van der Waals surface area (Å²) in [7, 11) is 1.55. The van der Waals surface area contributed by atoms with Crippen LogP contribution >= 0.6 is 0 Å². The first-order valence-corrected chi connectivity index (χ1v) is 8.04. The Morgan fingerprint density at radius 1 is 1.20 bits per heavy atom. The summed E-state index contributed by atoms with van der Waals surface area (Å²) in [5.41, 5.74) is 1.43. The third-order valence-electron chi connectivity index (χ3n) is 3.57. The molecule has 0 spiro atoms. The van der Waals surface area contributed by atoms with Crippen LogP contribution in [0.1, 0.15) is 24.9 Å². The zero-order chi connectivity index (χ0) is 18.1. The van der Waals surface area contributed by atoms with Crippen molar-refractivity contribution in [2.75, 3.05) is 19.0 Å². The minimum Gasteiger partial charge on any atom is -0.483 e. The highest BCUT2D eigenvalue weighted by Gasteiger charge is 2.17. The average Bonchev–Trinajstić information content (AvgIpc) is 2.65. The normalized spacial score (nSPS) is 11.3. The third-order valence-corrected chi connectivity index (χ3v) is 3.57. The van der Waals surface area contributed by atoms with Crippen LogP contribution in [0, 0.1) is 0 Å². The number of aromatic nitrogens is 1. The molecule has 1 heterocycles. The van der Waals surface area contributed by atoms with Crippen LogP contribution < -0.4 is 20.7 Å². The highest BCUT2D eigenvalue weighted by atomic mass is 16.5. The summed E-state index contributed by atoms with van der Waals surface area (Å²) < 4.78 is 5.58. The number of nitrogens with zero attached hydrogens (tertiary/aromatic N) is 1. The lowest BCUT2D eigenvalue weighted by Crippen LogP contribution is -2.32. The summed E-state index contributed by atoms with van der Waals surface area (Å²) in [5, 5.41) is 8.16. The Bertz CT molecular complexity index is 706. The first-order valence-electron chi connectivity index (χ1n) is 8.04. The molecule has 1 unspecified atom stereocenters. The van der Waals surface area contributed by atoms with E-state index in [0.717, 1.165) is 5.56 Å². The number of amides is 3. The predicted molar refractivity (Wildman–Crippen MR) is 95.4 cm³/mol. The fraction of sp³-hybridized carbons (Fsp3) is 0.278. The van der Waals surface area contributed by atoms with Crippen LogP contribution in [-0.4, -0.2) is 30.6 Å². The maximum absolute atomic E-state index is 12.2. The van der Waals surface area contributed by atoms with Crippen LogP contribution in [0.15, 0.2) is 48.8 Å². The minimum atomic E-state index is -0.332. The maximum Gasteiger partial charge on any atom is 0.319 e. The zero-order valence-corrected chi connectivity index (χ0v) is 14.3. The topological polar surface area (TPSA) is 92.3 Å². The van der Waals surface area contributed by atoms with E-state index in [-0.39, 0.29) is 24.6 Å². The van der Waals surface area contributed by atoms with E-state index in [2.05, 4.69) is 20.9 Å². The molecule has 1 aromatic heterocycles. The summed E-state index contributed by atoms with van der Waals surface area (Å²) in [6.45, 7) is 1.89. The molecule has 2 rings (SSSR count). The van der Waals surface area contributed by atoms with Gasteiger partial charge in [0.15, 0.2) is 6.61 Å². The number of carbonyl (C=O) groups is 2. The van der Waals surface area contributed by atoms with Crippen molar-refractivity contribution in [3.05, 3.63) is 54.4 Å². The van der Waals surface area contributed by atoms with Gasteiger partial charge in [-0.05, 0) is 24.6 Å². The van der Waals surface area contributed by atoms with Gasteiger partial charge in [0.05, 0.1) is 17.9 Å². The van der Waals surface area contributed by atoms with E-state index >= 15 is 0 Å². The molecule has 0 aliphatic carbocycles. The number of hydrogen-bond donors (Lipinski definition) is 3. The van der Waals surface area contributed by atoms with Crippen LogP contribution in [0.3, 0.4) is 0 Å². The van der Waals surface area contributed by atoms with Crippen molar-refractivity contribution in [1.29, 1.82) is 0 Å². The van der Waals surface area contributed by atoms with Gasteiger partial charge in [0.25, 0.3) is 5.91 Å². The fourth-order valence-corrected chi connectivity index (χ4v) is 2.28. The lowest BCUT2D eigenvalue weighted by Gasteiger charge is -2.21. The number of ether oxygens (including phenoxy) is 1. The first-order chi connectivity index (χ1) is 12.1. The van der Waals surface area contributed by atoms with Crippen molar-refractivity contribution in [3.8, 4) is 5.75 Å². The summed E-state index contributed by atoms with van der Waals surface area (Å²) in [4.78, 5) is 27.6. The van der Waals surface area contributed by atoms with Gasteiger partial charge in [-0.3, -0.25) is 9.78 Å². The van der Waals surface area contributed by atoms with E-state index in [1.165, 1.54) is 0 Å². The van der Waals surface area contributed by atoms with Gasteiger partial charge in [-0.25, -0.2) is 4.79 Å². The van der Waals surface area contributed by atoms with Crippen molar-refractivity contribution in [1.82, 2.24) is 15.6 Å². The number of para-hydroxylation sites is 1. The molecule has 0 aliphatic heterocycles. The van der Waals surface area contributed by atoms with Crippen molar-refractivity contribution in [2.45, 2.75) is 19.4 Å². The molecule has 132 valence electrons. The van der Waals surface area contributed by atoms with Crippen LogP contribution in [0.25, 0.3) is 0 Å². The fourth-order valence-electron chi connectivity index (χ4n) is 2.28. The molecule has 0 fully saturated rings. The SMILES string of the molecule is CCC(NC(=O)Nc1cccnc1)c1ccccc1OCC(=O)NC. The van der Waals surface area contributed by atoms with Crippen molar-refractivity contribution < 1.29 is 14.3 Å². The van der Waals surface area contributed by atoms with E-state index in [1.807, 2.05) is 25.1 Å². The molecule has 2 aromatic rings. The van der Waals surface area contributed by atoms with E-state index in [4.69, 9.17) is 4.74 Å². The number of benzene rings is 1. The minimum absolute atomic E-state index is 0.0776. The zero-order valence-electron chi connectivity index (χ0n) is 14.3. The molecule has 3 N–H and O–H groups in total. The number of carbonyl (C=O) groups excluding carboxylic acids is 2.